The van der Waals surface area contributed by atoms with Gasteiger partial charge in [-0.2, -0.15) is 0 Å². The van der Waals surface area contributed by atoms with E-state index in [0.717, 1.165) is 12.8 Å². The molecular formula is C23H22FN5O3. The highest BCUT2D eigenvalue weighted by Crippen LogP contribution is 2.29. The lowest BCUT2D eigenvalue weighted by molar-refractivity contribution is -0.130. The second-order valence-electron chi connectivity index (χ2n) is 7.70. The third-order valence-corrected chi connectivity index (χ3v) is 5.35. The monoisotopic (exact) mass is 435 g/mol. The highest BCUT2D eigenvalue weighted by molar-refractivity contribution is 5.88. The third kappa shape index (κ3) is 4.88. The largest absolute Gasteiger partial charge is 0.478 e. The molecule has 4 rings (SSSR count). The van der Waals surface area contributed by atoms with E-state index in [1.54, 1.807) is 30.0 Å². The minimum atomic E-state index is -1.09. The molecule has 0 bridgehead atoms. The molecule has 2 aromatic heterocycles. The molecule has 1 atom stereocenters. The van der Waals surface area contributed by atoms with E-state index in [4.69, 9.17) is 0 Å². The van der Waals surface area contributed by atoms with E-state index in [2.05, 4.69) is 20.3 Å². The van der Waals surface area contributed by atoms with Gasteiger partial charge >= 0.3 is 5.97 Å². The van der Waals surface area contributed by atoms with Crippen molar-refractivity contribution in [2.75, 3.05) is 18.4 Å². The maximum absolute atomic E-state index is 13.6. The summed E-state index contributed by atoms with van der Waals surface area (Å²) in [7, 11) is 0. The lowest BCUT2D eigenvalue weighted by Gasteiger charge is -2.31. The second kappa shape index (κ2) is 9.09. The number of carbonyl (C=O) groups is 2. The topological polar surface area (TPSA) is 108 Å². The highest BCUT2D eigenvalue weighted by atomic mass is 19.1. The molecule has 1 aromatic carbocycles. The zero-order valence-corrected chi connectivity index (χ0v) is 17.5. The van der Waals surface area contributed by atoms with Gasteiger partial charge in [-0.05, 0) is 37.1 Å². The predicted octanol–water partition coefficient (Wildman–Crippen LogP) is 3.85. The number of aromatic nitrogens is 3. The first-order valence-electron chi connectivity index (χ1n) is 10.2. The molecule has 1 fully saturated rings. The van der Waals surface area contributed by atoms with Crippen LogP contribution >= 0.6 is 0 Å². The van der Waals surface area contributed by atoms with Gasteiger partial charge in [-0.3, -0.25) is 9.78 Å². The molecule has 0 radical (unpaired) electrons. The van der Waals surface area contributed by atoms with Gasteiger partial charge in [0.05, 0.1) is 11.3 Å². The number of benzene rings is 1. The smallest absolute Gasteiger partial charge is 0.337 e. The number of halogens is 1. The Bertz CT molecular complexity index is 1170. The Morgan fingerprint density at radius 3 is 2.78 bits per heavy atom. The van der Waals surface area contributed by atoms with Gasteiger partial charge in [0, 0.05) is 55.6 Å². The minimum Gasteiger partial charge on any atom is -0.478 e. The molecule has 1 amide bonds. The summed E-state index contributed by atoms with van der Waals surface area (Å²) in [6, 6.07) is 9.18. The van der Waals surface area contributed by atoms with Crippen molar-refractivity contribution in [2.24, 2.45) is 0 Å². The normalized spacial score (nSPS) is 15.9. The molecule has 1 aliphatic rings. The van der Waals surface area contributed by atoms with Crippen LogP contribution in [0.3, 0.4) is 0 Å². The predicted molar refractivity (Wildman–Crippen MR) is 116 cm³/mol. The van der Waals surface area contributed by atoms with Crippen LogP contribution in [-0.4, -0.2) is 49.9 Å². The molecule has 1 unspecified atom stereocenters. The summed E-state index contributed by atoms with van der Waals surface area (Å²) < 4.78 is 13.6. The molecule has 2 N–H and O–H groups in total. The summed E-state index contributed by atoms with van der Waals surface area (Å²) in [5.74, 6) is -0.564. The Kier molecular flexibility index (Phi) is 6.07. The number of carboxylic acids is 1. The van der Waals surface area contributed by atoms with Crippen molar-refractivity contribution >= 4 is 23.4 Å². The van der Waals surface area contributed by atoms with E-state index < -0.39 is 5.97 Å². The number of hydrogen-bond donors (Lipinski definition) is 2. The van der Waals surface area contributed by atoms with Gasteiger partial charge in [0.1, 0.15) is 17.5 Å². The molecule has 3 aromatic rings. The fourth-order valence-electron chi connectivity index (χ4n) is 3.75. The number of amides is 1. The molecule has 0 aliphatic carbocycles. The average Bonchev–Trinajstić information content (AvgIpc) is 2.79. The first-order chi connectivity index (χ1) is 15.4. The van der Waals surface area contributed by atoms with Crippen LogP contribution in [0.5, 0.6) is 0 Å². The van der Waals surface area contributed by atoms with Crippen molar-refractivity contribution in [2.45, 2.75) is 25.7 Å². The number of carbonyl (C=O) groups excluding carboxylic acids is 1. The molecule has 0 spiro atoms. The first kappa shape index (κ1) is 21.4. The molecule has 164 valence electrons. The van der Waals surface area contributed by atoms with Crippen LogP contribution in [0.1, 0.15) is 41.9 Å². The first-order valence-corrected chi connectivity index (χ1v) is 10.2. The standard InChI is InChI=1S/C23H22FN5O3/c1-14(30)29-7-3-4-15(13-29)22-27-20(16-8-17(23(31)32)12-25-11-16)10-21(28-22)26-19-6-2-5-18(24)9-19/h2,5-6,8-12,15H,3-4,7,13H2,1H3,(H,31,32)(H,26,27,28). The van der Waals surface area contributed by atoms with Gasteiger partial charge < -0.3 is 15.3 Å². The summed E-state index contributed by atoms with van der Waals surface area (Å²) in [5, 5.41) is 12.4. The number of rotatable bonds is 5. The molecular weight excluding hydrogens is 413 g/mol. The van der Waals surface area contributed by atoms with Gasteiger partial charge in [0.25, 0.3) is 0 Å². The van der Waals surface area contributed by atoms with E-state index >= 15 is 0 Å². The van der Waals surface area contributed by atoms with Crippen LogP contribution in [0.15, 0.2) is 48.8 Å². The molecule has 1 saturated heterocycles. The van der Waals surface area contributed by atoms with Crippen molar-refractivity contribution in [3.05, 3.63) is 66.0 Å². The number of nitrogens with zero attached hydrogens (tertiary/aromatic N) is 4. The zero-order chi connectivity index (χ0) is 22.7. The van der Waals surface area contributed by atoms with E-state index in [9.17, 15) is 19.1 Å². The summed E-state index contributed by atoms with van der Waals surface area (Å²) in [6.07, 6.45) is 4.46. The van der Waals surface area contributed by atoms with Crippen LogP contribution in [0.2, 0.25) is 0 Å². The van der Waals surface area contributed by atoms with Gasteiger partial charge in [0.15, 0.2) is 0 Å². The number of carboxylic acid groups (broad SMARTS) is 1. The number of piperidine rings is 1. The van der Waals surface area contributed by atoms with Gasteiger partial charge in [0.2, 0.25) is 5.91 Å². The summed E-state index contributed by atoms with van der Waals surface area (Å²) in [5.41, 5.74) is 1.58. The second-order valence-corrected chi connectivity index (χ2v) is 7.70. The molecule has 8 nitrogen and oxygen atoms in total. The van der Waals surface area contributed by atoms with Gasteiger partial charge in [-0.1, -0.05) is 6.07 Å². The van der Waals surface area contributed by atoms with Crippen LogP contribution in [0.25, 0.3) is 11.3 Å². The number of hydrogen-bond acceptors (Lipinski definition) is 6. The van der Waals surface area contributed by atoms with E-state index in [-0.39, 0.29) is 23.2 Å². The number of aromatic carboxylic acids is 1. The Hall–Kier alpha value is -3.88. The Labute approximate surface area is 184 Å². The summed E-state index contributed by atoms with van der Waals surface area (Å²) >= 11 is 0. The summed E-state index contributed by atoms with van der Waals surface area (Å²) in [4.78, 5) is 38.4. The fourth-order valence-corrected chi connectivity index (χ4v) is 3.75. The third-order valence-electron chi connectivity index (χ3n) is 5.35. The van der Waals surface area contributed by atoms with Crippen molar-refractivity contribution in [3.8, 4) is 11.3 Å². The Morgan fingerprint density at radius 1 is 1.19 bits per heavy atom. The Morgan fingerprint density at radius 2 is 2.03 bits per heavy atom. The van der Waals surface area contributed by atoms with E-state index in [0.29, 0.717) is 41.7 Å². The van der Waals surface area contributed by atoms with Crippen LogP contribution in [0, 0.1) is 5.82 Å². The Balaban J connectivity index is 1.75. The lowest BCUT2D eigenvalue weighted by Crippen LogP contribution is -2.38. The molecule has 32 heavy (non-hydrogen) atoms. The van der Waals surface area contributed by atoms with Crippen molar-refractivity contribution < 1.29 is 19.1 Å². The van der Waals surface area contributed by atoms with Crippen LogP contribution in [-0.2, 0) is 4.79 Å². The molecule has 9 heteroatoms. The number of pyridine rings is 1. The number of likely N-dealkylation sites (tertiary alicyclic amines) is 1. The minimum absolute atomic E-state index is 0.00215. The lowest BCUT2D eigenvalue weighted by atomic mass is 9.96. The SMILES string of the molecule is CC(=O)N1CCCC(c2nc(Nc3cccc(F)c3)cc(-c3cncc(C(=O)O)c3)n2)C1. The highest BCUT2D eigenvalue weighted by Gasteiger charge is 2.26. The van der Waals surface area contributed by atoms with E-state index in [1.165, 1.54) is 30.6 Å². The maximum atomic E-state index is 13.6. The van der Waals surface area contributed by atoms with Crippen molar-refractivity contribution in [1.29, 1.82) is 0 Å². The van der Waals surface area contributed by atoms with Crippen LogP contribution < -0.4 is 5.32 Å². The average molecular weight is 435 g/mol. The van der Waals surface area contributed by atoms with Gasteiger partial charge in [-0.25, -0.2) is 19.2 Å². The number of anilines is 2. The maximum Gasteiger partial charge on any atom is 0.337 e. The fraction of sp³-hybridized carbons (Fsp3) is 0.261. The molecule has 3 heterocycles. The zero-order valence-electron chi connectivity index (χ0n) is 17.5. The van der Waals surface area contributed by atoms with Crippen LogP contribution in [0.4, 0.5) is 15.9 Å². The quantitative estimate of drug-likeness (QED) is 0.627. The van der Waals surface area contributed by atoms with Crippen molar-refractivity contribution in [1.82, 2.24) is 19.9 Å². The van der Waals surface area contributed by atoms with E-state index in [1.807, 2.05) is 0 Å². The van der Waals surface area contributed by atoms with Gasteiger partial charge in [-0.15, -0.1) is 0 Å². The molecule has 1 aliphatic heterocycles. The molecule has 0 saturated carbocycles. The number of nitrogens with one attached hydrogen (secondary N) is 1. The van der Waals surface area contributed by atoms with Crippen molar-refractivity contribution in [3.63, 3.8) is 0 Å². The summed E-state index contributed by atoms with van der Waals surface area (Å²) in [6.45, 7) is 2.75.